The first kappa shape index (κ1) is 20.2. The Morgan fingerprint density at radius 3 is 1.67 bits per heavy atom. The second-order valence-electron chi connectivity index (χ2n) is 3.03. The number of rotatable bonds is 1. The number of hydrogen-bond donors (Lipinski definition) is 5. The quantitative estimate of drug-likeness (QED) is 0.395. The summed E-state index contributed by atoms with van der Waals surface area (Å²) < 4.78 is 0. The molecule has 0 aromatic heterocycles. The molecule has 2 unspecified atom stereocenters. The minimum Gasteiger partial charge on any atom is -0.333 e. The summed E-state index contributed by atoms with van der Waals surface area (Å²) in [6.07, 6.45) is 4.93. The molecule has 0 aliphatic heterocycles. The fourth-order valence-corrected chi connectivity index (χ4v) is 1.55. The van der Waals surface area contributed by atoms with Crippen molar-refractivity contribution < 1.29 is 0 Å². The molecule has 0 amide bonds. The van der Waals surface area contributed by atoms with E-state index in [0.717, 1.165) is 13.0 Å². The van der Waals surface area contributed by atoms with Crippen molar-refractivity contribution in [2.24, 2.45) is 34.6 Å². The smallest absolute Gasteiger partial charge is 0.00419 e. The van der Waals surface area contributed by atoms with Crippen LogP contribution < -0.4 is 28.7 Å². The van der Waals surface area contributed by atoms with Crippen LogP contribution in [0.5, 0.6) is 0 Å². The van der Waals surface area contributed by atoms with Gasteiger partial charge in [-0.15, -0.1) is 0 Å². The zero-order chi connectivity index (χ0) is 12.7. The van der Waals surface area contributed by atoms with Crippen molar-refractivity contribution in [3.8, 4) is 0 Å². The highest BCUT2D eigenvalue weighted by atomic mass is 14.7. The molecule has 0 radical (unpaired) electrons. The maximum Gasteiger partial charge on any atom is 0.00419 e. The summed E-state index contributed by atoms with van der Waals surface area (Å²) in [5, 5.41) is 0. The van der Waals surface area contributed by atoms with Gasteiger partial charge in [-0.25, -0.2) is 0 Å². The van der Waals surface area contributed by atoms with Gasteiger partial charge in [0, 0.05) is 6.04 Å². The van der Waals surface area contributed by atoms with Gasteiger partial charge in [0.2, 0.25) is 0 Å². The van der Waals surface area contributed by atoms with Gasteiger partial charge in [0.05, 0.1) is 0 Å². The standard InChI is InChI=1S/C7H16N2.3CH5N/c8-5-6-2-1-3-7(9)4-6;3*1-2/h6-7H,1-5,8-9H2;3*2H2,1H3. The largest absolute Gasteiger partial charge is 0.333 e. The predicted molar refractivity (Wildman–Crippen MR) is 69.3 cm³/mol. The van der Waals surface area contributed by atoms with E-state index in [4.69, 9.17) is 11.5 Å². The molecule has 0 bridgehead atoms. The van der Waals surface area contributed by atoms with Crippen molar-refractivity contribution in [2.75, 3.05) is 27.7 Å². The Balaban J connectivity index is -0.000000208. The first-order chi connectivity index (χ1) is 7.33. The Hall–Kier alpha value is -0.200. The minimum absolute atomic E-state index is 0.437. The average Bonchev–Trinajstić information content (AvgIpc) is 2.36. The highest BCUT2D eigenvalue weighted by molar-refractivity contribution is 4.74. The Morgan fingerprint density at radius 2 is 1.40 bits per heavy atom. The molecule has 1 rings (SSSR count). The molecular weight excluding hydrogens is 190 g/mol. The zero-order valence-corrected chi connectivity index (χ0v) is 10.6. The van der Waals surface area contributed by atoms with Gasteiger partial charge >= 0.3 is 0 Å². The van der Waals surface area contributed by atoms with E-state index in [2.05, 4.69) is 17.2 Å². The Bertz CT molecular complexity index is 89.9. The van der Waals surface area contributed by atoms with Gasteiger partial charge in [-0.2, -0.15) is 0 Å². The first-order valence-corrected chi connectivity index (χ1v) is 5.51. The second kappa shape index (κ2) is 19.4. The van der Waals surface area contributed by atoms with E-state index < -0.39 is 0 Å². The molecule has 1 aliphatic carbocycles. The molecule has 5 nitrogen and oxygen atoms in total. The van der Waals surface area contributed by atoms with Crippen molar-refractivity contribution in [1.29, 1.82) is 0 Å². The minimum atomic E-state index is 0.437. The monoisotopic (exact) mass is 221 g/mol. The van der Waals surface area contributed by atoms with Gasteiger partial charge in [-0.3, -0.25) is 0 Å². The third-order valence-corrected chi connectivity index (χ3v) is 2.16. The van der Waals surface area contributed by atoms with Crippen LogP contribution in [0.1, 0.15) is 25.7 Å². The van der Waals surface area contributed by atoms with Crippen LogP contribution in [-0.2, 0) is 0 Å². The van der Waals surface area contributed by atoms with E-state index >= 15 is 0 Å². The molecule has 2 atom stereocenters. The fraction of sp³-hybridized carbons (Fsp3) is 1.00. The molecule has 0 spiro atoms. The van der Waals surface area contributed by atoms with Gasteiger partial charge in [-0.05, 0) is 52.9 Å². The average molecular weight is 221 g/mol. The van der Waals surface area contributed by atoms with Gasteiger partial charge in [0.15, 0.2) is 0 Å². The molecule has 5 heteroatoms. The van der Waals surface area contributed by atoms with E-state index in [0.29, 0.717) is 12.0 Å². The Morgan fingerprint density at radius 1 is 0.933 bits per heavy atom. The van der Waals surface area contributed by atoms with Crippen LogP contribution >= 0.6 is 0 Å². The van der Waals surface area contributed by atoms with Crippen LogP contribution in [0.25, 0.3) is 0 Å². The van der Waals surface area contributed by atoms with Gasteiger partial charge < -0.3 is 28.7 Å². The van der Waals surface area contributed by atoms with E-state index in [1.54, 1.807) is 0 Å². The lowest BCUT2D eigenvalue weighted by Crippen LogP contribution is -2.31. The van der Waals surface area contributed by atoms with Crippen LogP contribution in [0, 0.1) is 5.92 Å². The van der Waals surface area contributed by atoms with E-state index in [9.17, 15) is 0 Å². The van der Waals surface area contributed by atoms with Crippen molar-refractivity contribution in [2.45, 2.75) is 31.7 Å². The zero-order valence-electron chi connectivity index (χ0n) is 10.6. The Labute approximate surface area is 94.7 Å². The van der Waals surface area contributed by atoms with E-state index in [1.807, 2.05) is 0 Å². The van der Waals surface area contributed by atoms with Crippen LogP contribution in [0.2, 0.25) is 0 Å². The molecule has 15 heavy (non-hydrogen) atoms. The molecule has 1 fully saturated rings. The molecule has 0 aromatic rings. The SMILES string of the molecule is CN.CN.CN.NCC1CCCC(N)C1. The van der Waals surface area contributed by atoms with Crippen molar-refractivity contribution in [1.82, 2.24) is 0 Å². The summed E-state index contributed by atoms with van der Waals surface area (Å²) in [6.45, 7) is 0.827. The van der Waals surface area contributed by atoms with Gasteiger partial charge in [0.25, 0.3) is 0 Å². The maximum absolute atomic E-state index is 5.75. The molecule has 10 N–H and O–H groups in total. The summed E-state index contributed by atoms with van der Waals surface area (Å²) in [5.41, 5.74) is 24.8. The molecule has 1 saturated carbocycles. The fourth-order valence-electron chi connectivity index (χ4n) is 1.55. The molecule has 0 heterocycles. The topological polar surface area (TPSA) is 130 Å². The summed E-state index contributed by atoms with van der Waals surface area (Å²) in [6, 6.07) is 0.437. The molecule has 1 aliphatic rings. The van der Waals surface area contributed by atoms with Crippen molar-refractivity contribution in [3.05, 3.63) is 0 Å². The highest BCUT2D eigenvalue weighted by Crippen LogP contribution is 2.21. The van der Waals surface area contributed by atoms with Crippen LogP contribution in [0.3, 0.4) is 0 Å². The van der Waals surface area contributed by atoms with Crippen molar-refractivity contribution in [3.63, 3.8) is 0 Å². The third-order valence-electron chi connectivity index (χ3n) is 2.16. The molecule has 96 valence electrons. The number of hydrogen-bond acceptors (Lipinski definition) is 5. The van der Waals surface area contributed by atoms with Crippen molar-refractivity contribution >= 4 is 0 Å². The van der Waals surface area contributed by atoms with E-state index in [-0.39, 0.29) is 0 Å². The van der Waals surface area contributed by atoms with E-state index in [1.165, 1.54) is 40.4 Å². The third kappa shape index (κ3) is 13.8. The predicted octanol–water partition coefficient (Wildman–Crippen LogP) is -0.813. The van der Waals surface area contributed by atoms with Crippen LogP contribution in [0.4, 0.5) is 0 Å². The summed E-state index contributed by atoms with van der Waals surface area (Å²) in [7, 11) is 4.50. The first-order valence-electron chi connectivity index (χ1n) is 5.51. The van der Waals surface area contributed by atoms with Crippen LogP contribution in [-0.4, -0.2) is 33.7 Å². The van der Waals surface area contributed by atoms with Gasteiger partial charge in [0.1, 0.15) is 0 Å². The molecular formula is C10H31N5. The summed E-state index contributed by atoms with van der Waals surface area (Å²) in [5.74, 6) is 0.716. The lowest BCUT2D eigenvalue weighted by atomic mass is 9.86. The maximum atomic E-state index is 5.75. The normalized spacial score (nSPS) is 23.2. The summed E-state index contributed by atoms with van der Waals surface area (Å²) >= 11 is 0. The lowest BCUT2D eigenvalue weighted by molar-refractivity contribution is 0.329. The lowest BCUT2D eigenvalue weighted by Gasteiger charge is -2.24. The van der Waals surface area contributed by atoms with Gasteiger partial charge in [-0.1, -0.05) is 6.42 Å². The Kier molecular flexibility index (Phi) is 26.2. The molecule has 0 saturated heterocycles. The second-order valence-corrected chi connectivity index (χ2v) is 3.03. The highest BCUT2D eigenvalue weighted by Gasteiger charge is 2.16. The number of nitrogens with two attached hydrogens (primary N) is 5. The molecule has 0 aromatic carbocycles. The van der Waals surface area contributed by atoms with Crippen LogP contribution in [0.15, 0.2) is 0 Å². The summed E-state index contributed by atoms with van der Waals surface area (Å²) in [4.78, 5) is 0.